The Hall–Kier alpha value is -0.480. The molecule has 1 aliphatic rings. The van der Waals surface area contributed by atoms with Crippen molar-refractivity contribution in [2.75, 3.05) is 0 Å². The third kappa shape index (κ3) is 3.01. The van der Waals surface area contributed by atoms with Gasteiger partial charge in [0.1, 0.15) is 10.4 Å². The molecule has 92 valence electrons. The van der Waals surface area contributed by atoms with Crippen LogP contribution in [0.1, 0.15) is 26.7 Å². The summed E-state index contributed by atoms with van der Waals surface area (Å²) in [4.78, 5) is 22.6. The lowest BCUT2D eigenvalue weighted by Gasteiger charge is -2.20. The highest BCUT2D eigenvalue weighted by atomic mass is 35.5. The third-order valence-corrected chi connectivity index (χ3v) is 3.75. The van der Waals surface area contributed by atoms with Gasteiger partial charge in [0.25, 0.3) is 0 Å². The number of hydrogen-bond donors (Lipinski definition) is 2. The largest absolute Gasteiger partial charge is 0.480 e. The smallest absolute Gasteiger partial charge is 0.326 e. The summed E-state index contributed by atoms with van der Waals surface area (Å²) in [7, 11) is 0. The zero-order valence-electron chi connectivity index (χ0n) is 9.17. The Morgan fingerprint density at radius 1 is 1.56 bits per heavy atom. The van der Waals surface area contributed by atoms with Gasteiger partial charge in [-0.05, 0) is 12.3 Å². The molecule has 1 aliphatic carbocycles. The quantitative estimate of drug-likeness (QED) is 0.747. The summed E-state index contributed by atoms with van der Waals surface area (Å²) in [6, 6.07) is -0.873. The molecule has 0 bridgehead atoms. The van der Waals surface area contributed by atoms with Gasteiger partial charge in [-0.25, -0.2) is 4.79 Å². The lowest BCUT2D eigenvalue weighted by molar-refractivity contribution is -0.143. The van der Waals surface area contributed by atoms with Crippen LogP contribution in [-0.2, 0) is 9.59 Å². The summed E-state index contributed by atoms with van der Waals surface area (Å²) in [5, 5.41) is 11.5. The van der Waals surface area contributed by atoms with Crippen molar-refractivity contribution in [2.24, 2.45) is 11.8 Å². The van der Waals surface area contributed by atoms with Crippen LogP contribution < -0.4 is 5.32 Å². The van der Waals surface area contributed by atoms with Crippen molar-refractivity contribution in [3.8, 4) is 0 Å². The van der Waals surface area contributed by atoms with E-state index in [-0.39, 0.29) is 11.8 Å². The maximum Gasteiger partial charge on any atom is 0.326 e. The first kappa shape index (κ1) is 13.6. The molecule has 4 nitrogen and oxygen atoms in total. The number of aliphatic carboxylic acids is 1. The number of amides is 1. The minimum Gasteiger partial charge on any atom is -0.480 e. The molecule has 0 aliphatic heterocycles. The Morgan fingerprint density at radius 2 is 2.06 bits per heavy atom. The van der Waals surface area contributed by atoms with Crippen molar-refractivity contribution < 1.29 is 14.7 Å². The van der Waals surface area contributed by atoms with Crippen LogP contribution in [0.2, 0.25) is 0 Å². The second-order valence-electron chi connectivity index (χ2n) is 4.23. The first-order valence-corrected chi connectivity index (χ1v) is 5.96. The number of halogens is 2. The molecule has 1 saturated carbocycles. The van der Waals surface area contributed by atoms with Gasteiger partial charge in [0, 0.05) is 0 Å². The number of nitrogens with one attached hydrogen (secondary N) is 1. The van der Waals surface area contributed by atoms with Crippen molar-refractivity contribution in [2.45, 2.75) is 37.1 Å². The van der Waals surface area contributed by atoms with Gasteiger partial charge >= 0.3 is 5.97 Å². The molecular formula is C10H15Cl2NO3. The van der Waals surface area contributed by atoms with Gasteiger partial charge in [-0.1, -0.05) is 20.3 Å². The zero-order valence-corrected chi connectivity index (χ0v) is 10.7. The highest BCUT2D eigenvalue weighted by Crippen LogP contribution is 2.53. The lowest BCUT2D eigenvalue weighted by Crippen LogP contribution is -2.46. The Kier molecular flexibility index (Phi) is 4.07. The van der Waals surface area contributed by atoms with E-state index in [4.69, 9.17) is 28.3 Å². The van der Waals surface area contributed by atoms with Gasteiger partial charge in [-0.15, -0.1) is 23.2 Å². The molecule has 0 spiro atoms. The molecule has 1 amide bonds. The predicted octanol–water partition coefficient (Wildman–Crippen LogP) is 1.80. The van der Waals surface area contributed by atoms with Crippen LogP contribution in [0.15, 0.2) is 0 Å². The Morgan fingerprint density at radius 3 is 2.38 bits per heavy atom. The number of alkyl halides is 2. The number of hydrogen-bond acceptors (Lipinski definition) is 2. The molecule has 0 heterocycles. The summed E-state index contributed by atoms with van der Waals surface area (Å²) in [6.45, 7) is 3.65. The number of carboxylic acids is 1. The van der Waals surface area contributed by atoms with Crippen LogP contribution in [-0.4, -0.2) is 27.4 Å². The maximum absolute atomic E-state index is 11.6. The van der Waals surface area contributed by atoms with Crippen LogP contribution in [0, 0.1) is 11.8 Å². The summed E-state index contributed by atoms with van der Waals surface area (Å²) in [6.07, 6.45) is 1.06. The van der Waals surface area contributed by atoms with Gasteiger partial charge in [0.05, 0.1) is 5.92 Å². The predicted molar refractivity (Wildman–Crippen MR) is 61.6 cm³/mol. The molecule has 0 saturated heterocycles. The molecule has 1 rings (SSSR count). The van der Waals surface area contributed by atoms with Crippen LogP contribution in [0.5, 0.6) is 0 Å². The first-order chi connectivity index (χ1) is 7.29. The molecule has 3 atom stereocenters. The lowest BCUT2D eigenvalue weighted by atomic mass is 9.99. The van der Waals surface area contributed by atoms with Crippen molar-refractivity contribution in [3.63, 3.8) is 0 Å². The van der Waals surface area contributed by atoms with E-state index >= 15 is 0 Å². The molecule has 0 aromatic carbocycles. The molecular weight excluding hydrogens is 253 g/mol. The Labute approximate surface area is 104 Å². The molecule has 16 heavy (non-hydrogen) atoms. The van der Waals surface area contributed by atoms with E-state index in [1.54, 1.807) is 6.92 Å². The fourth-order valence-electron chi connectivity index (χ4n) is 1.43. The monoisotopic (exact) mass is 267 g/mol. The fraction of sp³-hybridized carbons (Fsp3) is 0.800. The molecule has 0 radical (unpaired) electrons. The van der Waals surface area contributed by atoms with E-state index < -0.39 is 22.3 Å². The summed E-state index contributed by atoms with van der Waals surface area (Å²) < 4.78 is -1.01. The van der Waals surface area contributed by atoms with Gasteiger partial charge in [0.15, 0.2) is 0 Å². The van der Waals surface area contributed by atoms with E-state index in [0.717, 1.165) is 0 Å². The van der Waals surface area contributed by atoms with Crippen molar-refractivity contribution in [3.05, 3.63) is 0 Å². The average Bonchev–Trinajstić information content (AvgIpc) is 2.82. The number of carbonyl (C=O) groups excluding carboxylic acids is 1. The standard InChI is InChI=1S/C10H15Cl2NO3/c1-3-5(2)7(9(15)16)13-8(14)6-4-10(6,11)12/h5-7H,3-4H2,1-2H3,(H,13,14)(H,15,16)/t5-,6?,7-/m0/s1. The van der Waals surface area contributed by atoms with E-state index in [1.165, 1.54) is 0 Å². The van der Waals surface area contributed by atoms with Gasteiger partial charge in [-0.2, -0.15) is 0 Å². The third-order valence-electron chi connectivity index (χ3n) is 2.92. The topological polar surface area (TPSA) is 66.4 Å². The van der Waals surface area contributed by atoms with Gasteiger partial charge in [0.2, 0.25) is 5.91 Å². The molecule has 1 fully saturated rings. The second-order valence-corrected chi connectivity index (χ2v) is 5.77. The summed E-state index contributed by atoms with van der Waals surface area (Å²) in [5.74, 6) is -2.02. The van der Waals surface area contributed by atoms with Crippen LogP contribution in [0.3, 0.4) is 0 Å². The molecule has 2 N–H and O–H groups in total. The molecule has 0 aromatic heterocycles. The zero-order chi connectivity index (χ0) is 12.5. The SMILES string of the molecule is CC[C@H](C)[C@H](NC(=O)C1CC1(Cl)Cl)C(=O)O. The number of carboxylic acid groups (broad SMARTS) is 1. The average molecular weight is 268 g/mol. The highest BCUT2D eigenvalue weighted by Gasteiger charge is 2.56. The Bertz CT molecular complexity index is 306. The fourth-order valence-corrected chi connectivity index (χ4v) is 1.94. The van der Waals surface area contributed by atoms with E-state index in [1.807, 2.05) is 6.92 Å². The number of carbonyl (C=O) groups is 2. The minimum absolute atomic E-state index is 0.125. The van der Waals surface area contributed by atoms with Crippen LogP contribution in [0.25, 0.3) is 0 Å². The van der Waals surface area contributed by atoms with Crippen LogP contribution in [0.4, 0.5) is 0 Å². The first-order valence-electron chi connectivity index (χ1n) is 5.20. The Balaban J connectivity index is 2.56. The minimum atomic E-state index is -1.03. The van der Waals surface area contributed by atoms with E-state index in [0.29, 0.717) is 12.8 Å². The maximum atomic E-state index is 11.6. The molecule has 1 unspecified atom stereocenters. The second kappa shape index (κ2) is 4.80. The van der Waals surface area contributed by atoms with Crippen molar-refractivity contribution >= 4 is 35.1 Å². The van der Waals surface area contributed by atoms with Crippen molar-refractivity contribution in [1.82, 2.24) is 5.32 Å². The summed E-state index contributed by atoms with van der Waals surface area (Å²) >= 11 is 11.5. The van der Waals surface area contributed by atoms with Gasteiger partial charge < -0.3 is 10.4 Å². The molecule has 0 aromatic rings. The van der Waals surface area contributed by atoms with Crippen LogP contribution >= 0.6 is 23.2 Å². The molecule has 6 heteroatoms. The van der Waals surface area contributed by atoms with E-state index in [9.17, 15) is 9.59 Å². The van der Waals surface area contributed by atoms with E-state index in [2.05, 4.69) is 5.32 Å². The number of rotatable bonds is 5. The van der Waals surface area contributed by atoms with Gasteiger partial charge in [-0.3, -0.25) is 4.79 Å². The normalized spacial score (nSPS) is 25.6. The highest BCUT2D eigenvalue weighted by molar-refractivity contribution is 6.52. The summed E-state index contributed by atoms with van der Waals surface area (Å²) in [5.41, 5.74) is 0. The van der Waals surface area contributed by atoms with Crippen molar-refractivity contribution in [1.29, 1.82) is 0 Å².